The van der Waals surface area contributed by atoms with Crippen molar-refractivity contribution in [2.24, 2.45) is 0 Å². The second-order valence-corrected chi connectivity index (χ2v) is 8.94. The fourth-order valence-corrected chi connectivity index (χ4v) is 4.91. The van der Waals surface area contributed by atoms with E-state index in [9.17, 15) is 4.79 Å². The molecule has 1 fully saturated rings. The Morgan fingerprint density at radius 3 is 2.63 bits per heavy atom. The smallest absolute Gasteiger partial charge is 0.232 e. The van der Waals surface area contributed by atoms with Gasteiger partial charge in [-0.05, 0) is 63.5 Å². The second-order valence-electron chi connectivity index (χ2n) is 8.00. The summed E-state index contributed by atoms with van der Waals surface area (Å²) < 4.78 is 2.09. The first-order valence-electron chi connectivity index (χ1n) is 11.1. The van der Waals surface area contributed by atoms with Crippen LogP contribution in [0.4, 0.5) is 5.95 Å². The van der Waals surface area contributed by atoms with E-state index in [2.05, 4.69) is 43.2 Å². The number of benzene rings is 1. The maximum Gasteiger partial charge on any atom is 0.232 e. The lowest BCUT2D eigenvalue weighted by Gasteiger charge is -2.27. The van der Waals surface area contributed by atoms with Crippen molar-refractivity contribution in [2.45, 2.75) is 56.5 Å². The molecule has 4 rings (SSSR count). The molecule has 0 atom stereocenters. The molecular formula is C23H31N5OS. The largest absolute Gasteiger partial charge is 0.355 e. The van der Waals surface area contributed by atoms with Crippen LogP contribution >= 0.6 is 11.8 Å². The van der Waals surface area contributed by atoms with Crippen molar-refractivity contribution in [2.75, 3.05) is 30.3 Å². The van der Waals surface area contributed by atoms with Crippen LogP contribution in [0.25, 0.3) is 5.69 Å². The van der Waals surface area contributed by atoms with Crippen molar-refractivity contribution in [3.8, 4) is 5.69 Å². The molecule has 2 aliphatic rings. The third-order valence-corrected chi connectivity index (χ3v) is 6.68. The Balaban J connectivity index is 1.39. The van der Waals surface area contributed by atoms with Crippen LogP contribution in [0.2, 0.25) is 0 Å². The molecule has 0 radical (unpaired) electrons. The van der Waals surface area contributed by atoms with Crippen LogP contribution in [0.3, 0.4) is 0 Å². The van der Waals surface area contributed by atoms with Crippen LogP contribution in [-0.4, -0.2) is 46.1 Å². The number of rotatable bonds is 8. The van der Waals surface area contributed by atoms with E-state index in [1.807, 2.05) is 18.2 Å². The van der Waals surface area contributed by atoms with Crippen molar-refractivity contribution in [1.29, 1.82) is 0 Å². The van der Waals surface area contributed by atoms with E-state index >= 15 is 0 Å². The van der Waals surface area contributed by atoms with Gasteiger partial charge in [0.15, 0.2) is 5.16 Å². The molecule has 30 heavy (non-hydrogen) atoms. The zero-order valence-corrected chi connectivity index (χ0v) is 18.4. The molecule has 0 unspecified atom stereocenters. The van der Waals surface area contributed by atoms with Crippen molar-refractivity contribution in [3.63, 3.8) is 0 Å². The minimum Gasteiger partial charge on any atom is -0.355 e. The lowest BCUT2D eigenvalue weighted by atomic mass is 9.97. The lowest BCUT2D eigenvalue weighted by Crippen LogP contribution is -2.31. The standard InChI is InChI=1S/C23H31N5OS/c29-21(24-15-14-19-10-4-1-5-11-19)18-30-23-26-25-22(27-16-8-3-9-17-27)28(23)20-12-6-2-7-13-20/h2,6-7,10,12-13H,1,3-5,8-9,11,14-18H2,(H,24,29). The summed E-state index contributed by atoms with van der Waals surface area (Å²) in [5, 5.41) is 12.8. The Morgan fingerprint density at radius 1 is 1.03 bits per heavy atom. The maximum absolute atomic E-state index is 12.4. The molecule has 1 aromatic heterocycles. The first-order chi connectivity index (χ1) is 14.8. The molecule has 1 aliphatic heterocycles. The van der Waals surface area contributed by atoms with E-state index in [-0.39, 0.29) is 5.91 Å². The molecule has 160 valence electrons. The normalized spacial score (nSPS) is 16.9. The highest BCUT2D eigenvalue weighted by atomic mass is 32.2. The molecule has 0 saturated carbocycles. The number of nitrogens with one attached hydrogen (secondary N) is 1. The SMILES string of the molecule is O=C(CSc1nnc(N2CCCCC2)n1-c1ccccc1)NCCC1=CCCCC1. The second kappa shape index (κ2) is 10.7. The summed E-state index contributed by atoms with van der Waals surface area (Å²) in [6.07, 6.45) is 11.9. The van der Waals surface area contributed by atoms with Gasteiger partial charge >= 0.3 is 0 Å². The highest BCUT2D eigenvalue weighted by Crippen LogP contribution is 2.28. The van der Waals surface area contributed by atoms with E-state index in [0.29, 0.717) is 5.75 Å². The van der Waals surface area contributed by atoms with Gasteiger partial charge in [0.05, 0.1) is 11.4 Å². The highest BCUT2D eigenvalue weighted by molar-refractivity contribution is 7.99. The number of anilines is 1. The molecule has 1 N–H and O–H groups in total. The van der Waals surface area contributed by atoms with Crippen LogP contribution in [0.1, 0.15) is 51.4 Å². The molecule has 1 aromatic carbocycles. The molecule has 1 saturated heterocycles. The lowest BCUT2D eigenvalue weighted by molar-refractivity contribution is -0.118. The van der Waals surface area contributed by atoms with Crippen LogP contribution in [0, 0.1) is 0 Å². The Hall–Kier alpha value is -2.28. The minimum absolute atomic E-state index is 0.0542. The fraction of sp³-hybridized carbons (Fsp3) is 0.522. The number of aromatic nitrogens is 3. The molecule has 2 aromatic rings. The van der Waals surface area contributed by atoms with Gasteiger partial charge in [0, 0.05) is 19.6 Å². The topological polar surface area (TPSA) is 63.1 Å². The molecule has 7 heteroatoms. The summed E-state index contributed by atoms with van der Waals surface area (Å²) >= 11 is 1.46. The first kappa shape index (κ1) is 21.0. The monoisotopic (exact) mass is 425 g/mol. The van der Waals surface area contributed by atoms with Crippen LogP contribution in [-0.2, 0) is 4.79 Å². The summed E-state index contributed by atoms with van der Waals surface area (Å²) in [5.41, 5.74) is 2.53. The van der Waals surface area contributed by atoms with Gasteiger partial charge in [-0.2, -0.15) is 0 Å². The molecule has 0 spiro atoms. The molecular weight excluding hydrogens is 394 g/mol. The number of allylic oxidation sites excluding steroid dienone is 1. The molecule has 1 amide bonds. The quantitative estimate of drug-likeness (QED) is 0.503. The van der Waals surface area contributed by atoms with E-state index in [1.54, 1.807) is 0 Å². The number of amides is 1. The molecule has 0 bridgehead atoms. The summed E-state index contributed by atoms with van der Waals surface area (Å²) in [5.74, 6) is 1.29. The van der Waals surface area contributed by atoms with Crippen molar-refractivity contribution >= 4 is 23.6 Å². The number of hydrogen-bond donors (Lipinski definition) is 1. The van der Waals surface area contributed by atoms with Gasteiger partial charge in [-0.15, -0.1) is 10.2 Å². The molecule has 1 aliphatic carbocycles. The summed E-state index contributed by atoms with van der Waals surface area (Å²) in [6, 6.07) is 10.2. The van der Waals surface area contributed by atoms with Gasteiger partial charge in [0.2, 0.25) is 11.9 Å². The van der Waals surface area contributed by atoms with Crippen molar-refractivity contribution in [1.82, 2.24) is 20.1 Å². The van der Waals surface area contributed by atoms with Crippen LogP contribution < -0.4 is 10.2 Å². The third-order valence-electron chi connectivity index (χ3n) is 5.76. The summed E-state index contributed by atoms with van der Waals surface area (Å²) in [4.78, 5) is 14.7. The van der Waals surface area contributed by atoms with Gasteiger partial charge in [0.1, 0.15) is 0 Å². The van der Waals surface area contributed by atoms with Gasteiger partial charge in [-0.1, -0.05) is 41.6 Å². The first-order valence-corrected chi connectivity index (χ1v) is 12.1. The van der Waals surface area contributed by atoms with Crippen LogP contribution in [0.15, 0.2) is 47.1 Å². The summed E-state index contributed by atoms with van der Waals surface area (Å²) in [7, 11) is 0. The van der Waals surface area contributed by atoms with E-state index < -0.39 is 0 Å². The number of carbonyl (C=O) groups excluding carboxylic acids is 1. The van der Waals surface area contributed by atoms with Crippen LogP contribution in [0.5, 0.6) is 0 Å². The Labute approximate surface area is 183 Å². The third kappa shape index (κ3) is 5.45. The zero-order valence-electron chi connectivity index (χ0n) is 17.6. The number of nitrogens with zero attached hydrogens (tertiary/aromatic N) is 4. The van der Waals surface area contributed by atoms with Gasteiger partial charge in [-0.3, -0.25) is 9.36 Å². The van der Waals surface area contributed by atoms with Crippen molar-refractivity contribution < 1.29 is 4.79 Å². The molecule has 6 nitrogen and oxygen atoms in total. The predicted octanol–water partition coefficient (Wildman–Crippen LogP) is 4.36. The van der Waals surface area contributed by atoms with Crippen molar-refractivity contribution in [3.05, 3.63) is 42.0 Å². The average Bonchev–Trinajstić information content (AvgIpc) is 3.23. The predicted molar refractivity (Wildman–Crippen MR) is 122 cm³/mol. The molecule has 2 heterocycles. The van der Waals surface area contributed by atoms with Gasteiger partial charge in [0.25, 0.3) is 0 Å². The Morgan fingerprint density at radius 2 is 1.87 bits per heavy atom. The van der Waals surface area contributed by atoms with E-state index in [0.717, 1.165) is 42.8 Å². The number of carbonyl (C=O) groups is 1. The Bertz CT molecular complexity index is 858. The minimum atomic E-state index is 0.0542. The number of thioether (sulfide) groups is 1. The zero-order chi connectivity index (χ0) is 20.6. The average molecular weight is 426 g/mol. The number of para-hydroxylation sites is 1. The maximum atomic E-state index is 12.4. The van der Waals surface area contributed by atoms with Gasteiger partial charge in [-0.25, -0.2) is 0 Å². The fourth-order valence-electron chi connectivity index (χ4n) is 4.13. The number of hydrogen-bond acceptors (Lipinski definition) is 5. The van der Waals surface area contributed by atoms with Gasteiger partial charge < -0.3 is 10.2 Å². The highest BCUT2D eigenvalue weighted by Gasteiger charge is 2.22. The van der Waals surface area contributed by atoms with E-state index in [1.165, 1.54) is 62.3 Å². The Kier molecular flexibility index (Phi) is 7.45. The summed E-state index contributed by atoms with van der Waals surface area (Å²) in [6.45, 7) is 2.73. The number of piperidine rings is 1. The van der Waals surface area contributed by atoms with E-state index in [4.69, 9.17) is 0 Å².